The smallest absolute Gasteiger partial charge is 0.272 e. The Hall–Kier alpha value is -3.08. The van der Waals surface area contributed by atoms with Gasteiger partial charge in [-0.05, 0) is 68.7 Å². The van der Waals surface area contributed by atoms with Gasteiger partial charge in [0.2, 0.25) is 0 Å². The van der Waals surface area contributed by atoms with Crippen molar-refractivity contribution in [3.8, 4) is 22.7 Å². The van der Waals surface area contributed by atoms with Crippen molar-refractivity contribution in [2.24, 2.45) is 0 Å². The van der Waals surface area contributed by atoms with Gasteiger partial charge in [0.25, 0.3) is 5.91 Å². The first-order valence-corrected chi connectivity index (χ1v) is 10.6. The number of hydrogen-bond donors (Lipinski definition) is 0. The molecule has 0 saturated heterocycles. The zero-order valence-corrected chi connectivity index (χ0v) is 18.6. The molecule has 0 fully saturated rings. The molecule has 0 aliphatic carbocycles. The van der Waals surface area contributed by atoms with Gasteiger partial charge in [-0.2, -0.15) is 5.10 Å². The number of methoxy groups -OCH3 is 1. The molecule has 0 bridgehead atoms. The number of rotatable bonds is 8. The molecule has 30 heavy (non-hydrogen) atoms. The number of carbonyl (C=O) groups is 1. The lowest BCUT2D eigenvalue weighted by Gasteiger charge is -2.22. The Kier molecular flexibility index (Phi) is 6.93. The molecule has 0 spiro atoms. The van der Waals surface area contributed by atoms with Crippen molar-refractivity contribution in [1.82, 2.24) is 14.7 Å². The zero-order valence-electron chi connectivity index (χ0n) is 18.6. The van der Waals surface area contributed by atoms with Gasteiger partial charge in [-0.25, -0.2) is 4.68 Å². The van der Waals surface area contributed by atoms with E-state index in [4.69, 9.17) is 9.84 Å². The van der Waals surface area contributed by atoms with Crippen molar-refractivity contribution in [3.63, 3.8) is 0 Å². The van der Waals surface area contributed by atoms with Gasteiger partial charge in [-0.15, -0.1) is 0 Å². The van der Waals surface area contributed by atoms with Crippen molar-refractivity contribution in [2.75, 3.05) is 20.2 Å². The monoisotopic (exact) mass is 405 g/mol. The Labute approximate surface area is 179 Å². The molecule has 1 aromatic heterocycles. The molecule has 0 atom stereocenters. The summed E-state index contributed by atoms with van der Waals surface area (Å²) in [6.07, 6.45) is 1.85. The minimum Gasteiger partial charge on any atom is -0.497 e. The number of aryl methyl sites for hydroxylation is 2. The molecule has 3 rings (SSSR count). The van der Waals surface area contributed by atoms with Gasteiger partial charge in [0.05, 0.1) is 18.5 Å². The molecule has 0 aliphatic rings. The number of aromatic nitrogens is 2. The number of nitrogens with zero attached hydrogens (tertiary/aromatic N) is 3. The molecule has 0 aliphatic heterocycles. The van der Waals surface area contributed by atoms with Gasteiger partial charge in [0.15, 0.2) is 0 Å². The van der Waals surface area contributed by atoms with Crippen LogP contribution in [0.5, 0.6) is 5.75 Å². The van der Waals surface area contributed by atoms with Gasteiger partial charge >= 0.3 is 0 Å². The highest BCUT2D eigenvalue weighted by Crippen LogP contribution is 2.26. The Morgan fingerprint density at radius 1 is 1.00 bits per heavy atom. The lowest BCUT2D eigenvalue weighted by molar-refractivity contribution is 0.0746. The van der Waals surface area contributed by atoms with E-state index in [1.807, 2.05) is 41.3 Å². The van der Waals surface area contributed by atoms with E-state index in [0.29, 0.717) is 5.69 Å². The van der Waals surface area contributed by atoms with E-state index >= 15 is 0 Å². The fourth-order valence-corrected chi connectivity index (χ4v) is 3.68. The number of carbonyl (C=O) groups excluding carboxylic acids is 1. The first-order valence-electron chi connectivity index (χ1n) is 10.6. The van der Waals surface area contributed by atoms with Gasteiger partial charge < -0.3 is 9.64 Å². The molecule has 158 valence electrons. The molecule has 1 heterocycles. The highest BCUT2D eigenvalue weighted by molar-refractivity contribution is 5.94. The van der Waals surface area contributed by atoms with Gasteiger partial charge in [0, 0.05) is 18.7 Å². The predicted molar refractivity (Wildman–Crippen MR) is 122 cm³/mol. The molecule has 0 saturated carbocycles. The minimum atomic E-state index is 0.0194. The van der Waals surface area contributed by atoms with Crippen molar-refractivity contribution >= 4 is 5.91 Å². The maximum Gasteiger partial charge on any atom is 0.272 e. The van der Waals surface area contributed by atoms with Crippen molar-refractivity contribution in [1.29, 1.82) is 0 Å². The lowest BCUT2D eigenvalue weighted by atomic mass is 10.1. The third-order valence-corrected chi connectivity index (χ3v) is 5.17. The summed E-state index contributed by atoms with van der Waals surface area (Å²) in [4.78, 5) is 15.4. The van der Waals surface area contributed by atoms with Crippen LogP contribution < -0.4 is 4.74 Å². The second-order valence-electron chi connectivity index (χ2n) is 7.64. The predicted octanol–water partition coefficient (Wildman–Crippen LogP) is 5.43. The lowest BCUT2D eigenvalue weighted by Crippen LogP contribution is -2.34. The molecule has 2 aromatic carbocycles. The second-order valence-corrected chi connectivity index (χ2v) is 7.64. The standard InChI is InChI=1S/C25H31N3O2/c1-6-14-27(15-7-2)25(29)24-17-22(20-9-11-21(30-5)12-10-20)26-28(24)23-13-8-18(3)16-19(23)4/h8-13,16-17H,6-7,14-15H2,1-5H3. The van der Waals surface area contributed by atoms with E-state index in [-0.39, 0.29) is 5.91 Å². The summed E-state index contributed by atoms with van der Waals surface area (Å²) < 4.78 is 7.07. The van der Waals surface area contributed by atoms with Crippen LogP contribution in [0.15, 0.2) is 48.5 Å². The summed E-state index contributed by atoms with van der Waals surface area (Å²) in [5, 5.41) is 4.85. The molecule has 0 radical (unpaired) electrons. The summed E-state index contributed by atoms with van der Waals surface area (Å²) >= 11 is 0. The van der Waals surface area contributed by atoms with Gasteiger partial charge in [-0.3, -0.25) is 4.79 Å². The van der Waals surface area contributed by atoms with Crippen LogP contribution in [-0.2, 0) is 0 Å². The molecular formula is C25H31N3O2. The van der Waals surface area contributed by atoms with Gasteiger partial charge in [-0.1, -0.05) is 31.5 Å². The summed E-state index contributed by atoms with van der Waals surface area (Å²) in [5.41, 5.74) is 5.52. The number of amides is 1. The molecule has 3 aromatic rings. The fraction of sp³-hybridized carbons (Fsp3) is 0.360. The molecular weight excluding hydrogens is 374 g/mol. The van der Waals surface area contributed by atoms with E-state index in [9.17, 15) is 4.79 Å². The van der Waals surface area contributed by atoms with Crippen LogP contribution in [0, 0.1) is 13.8 Å². The summed E-state index contributed by atoms with van der Waals surface area (Å²) in [7, 11) is 1.65. The first kappa shape index (κ1) is 21.6. The minimum absolute atomic E-state index is 0.0194. The Morgan fingerprint density at radius 2 is 1.67 bits per heavy atom. The van der Waals surface area contributed by atoms with Crippen molar-refractivity contribution < 1.29 is 9.53 Å². The molecule has 5 heteroatoms. The number of benzene rings is 2. The first-order chi connectivity index (χ1) is 14.5. The molecule has 0 unspecified atom stereocenters. The summed E-state index contributed by atoms with van der Waals surface area (Å²) in [5.74, 6) is 0.812. The topological polar surface area (TPSA) is 47.4 Å². The van der Waals surface area contributed by atoms with Crippen LogP contribution in [0.3, 0.4) is 0 Å². The molecule has 1 amide bonds. The van der Waals surface area contributed by atoms with Crippen LogP contribution in [0.4, 0.5) is 0 Å². The van der Waals surface area contributed by atoms with E-state index in [2.05, 4.69) is 39.8 Å². The SMILES string of the molecule is CCCN(CCC)C(=O)c1cc(-c2ccc(OC)cc2)nn1-c1ccc(C)cc1C. The van der Waals surface area contributed by atoms with E-state index in [0.717, 1.165) is 54.2 Å². The summed E-state index contributed by atoms with van der Waals surface area (Å²) in [6, 6.07) is 15.9. The average molecular weight is 406 g/mol. The largest absolute Gasteiger partial charge is 0.497 e. The summed E-state index contributed by atoms with van der Waals surface area (Å²) in [6.45, 7) is 9.80. The van der Waals surface area contributed by atoms with Crippen LogP contribution in [0.1, 0.15) is 48.3 Å². The quantitative estimate of drug-likeness (QED) is 0.502. The van der Waals surface area contributed by atoms with E-state index in [1.165, 1.54) is 5.56 Å². The highest BCUT2D eigenvalue weighted by atomic mass is 16.5. The van der Waals surface area contributed by atoms with E-state index in [1.54, 1.807) is 11.8 Å². The van der Waals surface area contributed by atoms with Crippen LogP contribution in [0.25, 0.3) is 16.9 Å². The van der Waals surface area contributed by atoms with Crippen LogP contribution in [-0.4, -0.2) is 40.8 Å². The average Bonchev–Trinajstić information content (AvgIpc) is 3.18. The van der Waals surface area contributed by atoms with Crippen LogP contribution in [0.2, 0.25) is 0 Å². The maximum atomic E-state index is 13.5. The Morgan fingerprint density at radius 3 is 2.23 bits per heavy atom. The third kappa shape index (κ3) is 4.56. The van der Waals surface area contributed by atoms with Crippen molar-refractivity contribution in [3.05, 3.63) is 65.4 Å². The normalized spacial score (nSPS) is 10.8. The Balaban J connectivity index is 2.12. The van der Waals surface area contributed by atoms with Crippen molar-refractivity contribution in [2.45, 2.75) is 40.5 Å². The maximum absolute atomic E-state index is 13.5. The highest BCUT2D eigenvalue weighted by Gasteiger charge is 2.23. The fourth-order valence-electron chi connectivity index (χ4n) is 3.68. The van der Waals surface area contributed by atoms with E-state index < -0.39 is 0 Å². The number of ether oxygens (including phenoxy) is 1. The van der Waals surface area contributed by atoms with Gasteiger partial charge in [0.1, 0.15) is 11.4 Å². The third-order valence-electron chi connectivity index (χ3n) is 5.17. The zero-order chi connectivity index (χ0) is 21.7. The Bertz CT molecular complexity index is 1000. The van der Waals surface area contributed by atoms with Crippen LogP contribution >= 0.6 is 0 Å². The second kappa shape index (κ2) is 9.61. The molecule has 5 nitrogen and oxygen atoms in total. The molecule has 0 N–H and O–H groups in total. The number of hydrogen-bond acceptors (Lipinski definition) is 3.